The molecule has 0 aliphatic carbocycles. The van der Waals surface area contributed by atoms with Gasteiger partial charge >= 0.3 is 0 Å². The van der Waals surface area contributed by atoms with E-state index in [1.807, 2.05) is 31.2 Å². The lowest BCUT2D eigenvalue weighted by Gasteiger charge is -2.18. The normalized spacial score (nSPS) is 12.6. The van der Waals surface area contributed by atoms with Gasteiger partial charge < -0.3 is 14.8 Å². The molecule has 19 heavy (non-hydrogen) atoms. The van der Waals surface area contributed by atoms with Gasteiger partial charge in [-0.3, -0.25) is 0 Å². The predicted molar refractivity (Wildman–Crippen MR) is 80.0 cm³/mol. The van der Waals surface area contributed by atoms with Gasteiger partial charge in [-0.25, -0.2) is 0 Å². The van der Waals surface area contributed by atoms with Crippen molar-refractivity contribution in [3.8, 4) is 11.5 Å². The van der Waals surface area contributed by atoms with Crippen molar-refractivity contribution in [2.24, 2.45) is 0 Å². The van der Waals surface area contributed by atoms with Crippen molar-refractivity contribution in [3.63, 3.8) is 0 Å². The van der Waals surface area contributed by atoms with E-state index in [2.05, 4.69) is 25.2 Å². The first kappa shape index (κ1) is 15.6. The van der Waals surface area contributed by atoms with Crippen molar-refractivity contribution in [1.29, 1.82) is 0 Å². The summed E-state index contributed by atoms with van der Waals surface area (Å²) in [5, 5.41) is 3.48. The first-order valence-electron chi connectivity index (χ1n) is 6.88. The number of nitrogens with one attached hydrogen (secondary N) is 1. The molecule has 0 saturated heterocycles. The van der Waals surface area contributed by atoms with Crippen LogP contribution in [-0.4, -0.2) is 20.3 Å². The summed E-state index contributed by atoms with van der Waals surface area (Å²) >= 11 is 0. The van der Waals surface area contributed by atoms with E-state index in [9.17, 15) is 0 Å². The van der Waals surface area contributed by atoms with Crippen LogP contribution in [0.3, 0.4) is 0 Å². The third-order valence-electron chi connectivity index (χ3n) is 2.96. The third-order valence-corrected chi connectivity index (χ3v) is 2.96. The molecule has 1 aromatic carbocycles. The number of hydrogen-bond acceptors (Lipinski definition) is 3. The lowest BCUT2D eigenvalue weighted by atomic mass is 10.1. The monoisotopic (exact) mass is 263 g/mol. The van der Waals surface area contributed by atoms with Gasteiger partial charge in [0.1, 0.15) is 18.1 Å². The topological polar surface area (TPSA) is 30.5 Å². The van der Waals surface area contributed by atoms with Gasteiger partial charge in [0, 0.05) is 17.7 Å². The molecular weight excluding hydrogens is 238 g/mol. The Morgan fingerprint density at radius 3 is 2.79 bits per heavy atom. The van der Waals surface area contributed by atoms with Crippen molar-refractivity contribution in [2.75, 3.05) is 20.3 Å². The highest BCUT2D eigenvalue weighted by atomic mass is 16.5. The summed E-state index contributed by atoms with van der Waals surface area (Å²) in [4.78, 5) is 0. The quantitative estimate of drug-likeness (QED) is 0.725. The molecule has 0 radical (unpaired) electrons. The van der Waals surface area contributed by atoms with E-state index in [0.29, 0.717) is 6.61 Å². The second kappa shape index (κ2) is 8.59. The first-order valence-corrected chi connectivity index (χ1v) is 6.88. The minimum absolute atomic E-state index is 0.270. The van der Waals surface area contributed by atoms with E-state index in [1.54, 1.807) is 7.11 Å². The molecule has 0 spiro atoms. The maximum Gasteiger partial charge on any atom is 0.128 e. The van der Waals surface area contributed by atoms with Crippen LogP contribution in [0.15, 0.2) is 30.4 Å². The Morgan fingerprint density at radius 2 is 2.16 bits per heavy atom. The highest BCUT2D eigenvalue weighted by Crippen LogP contribution is 2.29. The molecule has 1 unspecified atom stereocenters. The zero-order valence-corrected chi connectivity index (χ0v) is 12.4. The smallest absolute Gasteiger partial charge is 0.128 e. The van der Waals surface area contributed by atoms with Crippen LogP contribution in [0.25, 0.3) is 0 Å². The van der Waals surface area contributed by atoms with Crippen LogP contribution in [0, 0.1) is 0 Å². The Balaban J connectivity index is 2.87. The number of allylic oxidation sites excluding steroid dienone is 1. The van der Waals surface area contributed by atoms with Gasteiger partial charge in [0.05, 0.1) is 7.11 Å². The minimum Gasteiger partial charge on any atom is -0.497 e. The Hall–Kier alpha value is -1.48. The molecule has 106 valence electrons. The largest absolute Gasteiger partial charge is 0.497 e. The Kier molecular flexibility index (Phi) is 7.04. The van der Waals surface area contributed by atoms with Gasteiger partial charge in [-0.05, 0) is 32.9 Å². The molecule has 0 aliphatic rings. The zero-order chi connectivity index (χ0) is 14.1. The number of ether oxygens (including phenoxy) is 2. The molecule has 1 aromatic rings. The summed E-state index contributed by atoms with van der Waals surface area (Å²) in [6.45, 7) is 7.89. The van der Waals surface area contributed by atoms with Crippen molar-refractivity contribution in [3.05, 3.63) is 35.9 Å². The molecule has 3 heteroatoms. The molecule has 0 aromatic heterocycles. The standard InChI is InChI=1S/C16H25NO2/c1-5-7-11-19-16-12-14(18-4)8-9-15(16)13(3)17-10-6-2/h5,7-9,12-13,17H,6,10-11H2,1-4H3/b7-5+. The van der Waals surface area contributed by atoms with Crippen LogP contribution in [0.5, 0.6) is 11.5 Å². The summed E-state index contributed by atoms with van der Waals surface area (Å²) in [5.74, 6) is 1.70. The second-order valence-corrected chi connectivity index (χ2v) is 4.46. The SMILES string of the molecule is C/C=C/COc1cc(OC)ccc1C(C)NCCC. The molecule has 0 amide bonds. The molecule has 0 aliphatic heterocycles. The van der Waals surface area contributed by atoms with Gasteiger partial charge in [0.15, 0.2) is 0 Å². The predicted octanol–water partition coefficient (Wildman–Crippen LogP) is 3.71. The highest BCUT2D eigenvalue weighted by Gasteiger charge is 2.12. The fourth-order valence-corrected chi connectivity index (χ4v) is 1.83. The molecule has 0 bridgehead atoms. The number of hydrogen-bond donors (Lipinski definition) is 1. The molecule has 0 saturated carbocycles. The maximum atomic E-state index is 5.81. The van der Waals surface area contributed by atoms with Crippen LogP contribution >= 0.6 is 0 Å². The van der Waals surface area contributed by atoms with Gasteiger partial charge in [-0.2, -0.15) is 0 Å². The molecule has 1 atom stereocenters. The molecule has 1 rings (SSSR count). The van der Waals surface area contributed by atoms with Gasteiger partial charge in [-0.1, -0.05) is 25.1 Å². The molecule has 3 nitrogen and oxygen atoms in total. The second-order valence-electron chi connectivity index (χ2n) is 4.46. The van der Waals surface area contributed by atoms with Crippen LogP contribution < -0.4 is 14.8 Å². The summed E-state index contributed by atoms with van der Waals surface area (Å²) in [6, 6.07) is 6.26. The average molecular weight is 263 g/mol. The maximum absolute atomic E-state index is 5.81. The summed E-state index contributed by atoms with van der Waals surface area (Å²) in [7, 11) is 1.67. The lowest BCUT2D eigenvalue weighted by molar-refractivity contribution is 0.348. The summed E-state index contributed by atoms with van der Waals surface area (Å²) in [6.07, 6.45) is 5.10. The Labute approximate surface area is 116 Å². The van der Waals surface area contributed by atoms with Gasteiger partial charge in [0.2, 0.25) is 0 Å². The average Bonchev–Trinajstić information content (AvgIpc) is 2.44. The number of benzene rings is 1. The van der Waals surface area contributed by atoms with Gasteiger partial charge in [0.25, 0.3) is 0 Å². The fourth-order valence-electron chi connectivity index (χ4n) is 1.83. The van der Waals surface area contributed by atoms with Crippen LogP contribution in [0.2, 0.25) is 0 Å². The minimum atomic E-state index is 0.270. The zero-order valence-electron chi connectivity index (χ0n) is 12.4. The van der Waals surface area contributed by atoms with Crippen LogP contribution in [0.1, 0.15) is 38.8 Å². The molecular formula is C16H25NO2. The van der Waals surface area contributed by atoms with E-state index in [1.165, 1.54) is 5.56 Å². The number of rotatable bonds is 8. The molecule has 1 N–H and O–H groups in total. The van der Waals surface area contributed by atoms with Crippen LogP contribution in [-0.2, 0) is 0 Å². The van der Waals surface area contributed by atoms with Crippen LogP contribution in [0.4, 0.5) is 0 Å². The third kappa shape index (κ3) is 4.95. The molecule has 0 fully saturated rings. The number of methoxy groups -OCH3 is 1. The van der Waals surface area contributed by atoms with Crippen molar-refractivity contribution in [2.45, 2.75) is 33.2 Å². The summed E-state index contributed by atoms with van der Waals surface area (Å²) in [5.41, 5.74) is 1.17. The summed E-state index contributed by atoms with van der Waals surface area (Å²) < 4.78 is 11.1. The molecule has 0 heterocycles. The van der Waals surface area contributed by atoms with E-state index in [-0.39, 0.29) is 6.04 Å². The van der Waals surface area contributed by atoms with Gasteiger partial charge in [-0.15, -0.1) is 0 Å². The Bertz CT molecular complexity index is 402. The van der Waals surface area contributed by atoms with Crippen molar-refractivity contribution < 1.29 is 9.47 Å². The van der Waals surface area contributed by atoms with E-state index in [0.717, 1.165) is 24.5 Å². The van der Waals surface area contributed by atoms with Crippen molar-refractivity contribution >= 4 is 0 Å². The highest BCUT2D eigenvalue weighted by molar-refractivity contribution is 5.42. The van der Waals surface area contributed by atoms with E-state index >= 15 is 0 Å². The fraction of sp³-hybridized carbons (Fsp3) is 0.500. The lowest BCUT2D eigenvalue weighted by Crippen LogP contribution is -2.20. The van der Waals surface area contributed by atoms with E-state index < -0.39 is 0 Å². The van der Waals surface area contributed by atoms with Crippen molar-refractivity contribution in [1.82, 2.24) is 5.32 Å². The first-order chi connectivity index (χ1) is 9.22. The van der Waals surface area contributed by atoms with E-state index in [4.69, 9.17) is 9.47 Å². The Morgan fingerprint density at radius 1 is 1.37 bits per heavy atom.